The lowest BCUT2D eigenvalue weighted by molar-refractivity contribution is 0.238. The number of aliphatic hydroxyl groups excluding tert-OH is 1. The van der Waals surface area contributed by atoms with E-state index in [9.17, 15) is 5.11 Å². The van der Waals surface area contributed by atoms with Gasteiger partial charge in [-0.3, -0.25) is 0 Å². The number of aromatic nitrogens is 2. The van der Waals surface area contributed by atoms with Crippen molar-refractivity contribution in [2.45, 2.75) is 6.42 Å². The smallest absolute Gasteiger partial charge is 0.172 e. The SMILES string of the molecule is Nc1nc2ccccc2nc1N1CC[C@@H](CO)C1. The van der Waals surface area contributed by atoms with E-state index < -0.39 is 0 Å². The van der Waals surface area contributed by atoms with Crippen molar-refractivity contribution in [3.05, 3.63) is 24.3 Å². The van der Waals surface area contributed by atoms with Crippen molar-refractivity contribution in [1.29, 1.82) is 0 Å². The fraction of sp³-hybridized carbons (Fsp3) is 0.385. The van der Waals surface area contributed by atoms with Gasteiger partial charge in [0.05, 0.1) is 11.0 Å². The van der Waals surface area contributed by atoms with Gasteiger partial charge in [-0.2, -0.15) is 0 Å². The zero-order valence-electron chi connectivity index (χ0n) is 10.1. The fourth-order valence-corrected chi connectivity index (χ4v) is 2.41. The highest BCUT2D eigenvalue weighted by atomic mass is 16.3. The van der Waals surface area contributed by atoms with Crippen LogP contribution in [0.4, 0.5) is 11.6 Å². The molecule has 1 atom stereocenters. The molecule has 1 fully saturated rings. The lowest BCUT2D eigenvalue weighted by Gasteiger charge is -2.18. The molecule has 2 aromatic rings. The van der Waals surface area contributed by atoms with Crippen molar-refractivity contribution >= 4 is 22.7 Å². The Labute approximate surface area is 105 Å². The van der Waals surface area contributed by atoms with Gasteiger partial charge in [-0.1, -0.05) is 12.1 Å². The quantitative estimate of drug-likeness (QED) is 0.825. The van der Waals surface area contributed by atoms with Crippen molar-refractivity contribution in [2.24, 2.45) is 5.92 Å². The molecule has 94 valence electrons. The molecule has 0 saturated carbocycles. The van der Waals surface area contributed by atoms with Crippen LogP contribution >= 0.6 is 0 Å². The van der Waals surface area contributed by atoms with Crippen LogP contribution in [0.15, 0.2) is 24.3 Å². The maximum atomic E-state index is 9.18. The largest absolute Gasteiger partial charge is 0.396 e. The van der Waals surface area contributed by atoms with Crippen molar-refractivity contribution in [1.82, 2.24) is 9.97 Å². The molecule has 1 aliphatic rings. The normalized spacial score (nSPS) is 19.6. The Morgan fingerprint density at radius 3 is 2.67 bits per heavy atom. The Hall–Kier alpha value is -1.88. The van der Waals surface area contributed by atoms with Gasteiger partial charge in [-0.15, -0.1) is 0 Å². The van der Waals surface area contributed by atoms with Crippen LogP contribution in [-0.4, -0.2) is 34.8 Å². The average molecular weight is 244 g/mol. The third-order valence-corrected chi connectivity index (χ3v) is 3.42. The van der Waals surface area contributed by atoms with Crippen LogP contribution in [-0.2, 0) is 0 Å². The molecule has 5 nitrogen and oxygen atoms in total. The van der Waals surface area contributed by atoms with Crippen molar-refractivity contribution in [3.63, 3.8) is 0 Å². The second-order valence-corrected chi connectivity index (χ2v) is 4.70. The molecular formula is C13H16N4O. The number of para-hydroxylation sites is 2. The number of fused-ring (bicyclic) bond motifs is 1. The topological polar surface area (TPSA) is 75.3 Å². The first-order valence-electron chi connectivity index (χ1n) is 6.16. The van der Waals surface area contributed by atoms with Crippen LogP contribution in [0.1, 0.15) is 6.42 Å². The number of rotatable bonds is 2. The summed E-state index contributed by atoms with van der Waals surface area (Å²) in [4.78, 5) is 11.1. The van der Waals surface area contributed by atoms with E-state index in [1.54, 1.807) is 0 Å². The number of hydrogen-bond acceptors (Lipinski definition) is 5. The Morgan fingerprint density at radius 2 is 2.00 bits per heavy atom. The number of hydrogen-bond donors (Lipinski definition) is 2. The van der Waals surface area contributed by atoms with Gasteiger partial charge < -0.3 is 15.7 Å². The summed E-state index contributed by atoms with van der Waals surface area (Å²) in [5.41, 5.74) is 7.65. The number of anilines is 2. The van der Waals surface area contributed by atoms with E-state index in [2.05, 4.69) is 14.9 Å². The molecule has 0 radical (unpaired) electrons. The predicted molar refractivity (Wildman–Crippen MR) is 71.4 cm³/mol. The van der Waals surface area contributed by atoms with Gasteiger partial charge in [0.15, 0.2) is 11.6 Å². The van der Waals surface area contributed by atoms with Gasteiger partial charge in [0.1, 0.15) is 0 Å². The molecule has 5 heteroatoms. The van der Waals surface area contributed by atoms with Crippen LogP contribution in [0.3, 0.4) is 0 Å². The Kier molecular flexibility index (Phi) is 2.76. The van der Waals surface area contributed by atoms with E-state index in [1.165, 1.54) is 0 Å². The van der Waals surface area contributed by atoms with E-state index in [0.29, 0.717) is 11.7 Å². The molecule has 3 N–H and O–H groups in total. The lowest BCUT2D eigenvalue weighted by Crippen LogP contribution is -2.23. The minimum atomic E-state index is 0.220. The number of benzene rings is 1. The first-order valence-corrected chi connectivity index (χ1v) is 6.16. The number of aliphatic hydroxyl groups is 1. The van der Waals surface area contributed by atoms with Crippen LogP contribution < -0.4 is 10.6 Å². The van der Waals surface area contributed by atoms with E-state index >= 15 is 0 Å². The zero-order chi connectivity index (χ0) is 12.5. The summed E-state index contributed by atoms with van der Waals surface area (Å²) in [6, 6.07) is 7.71. The van der Waals surface area contributed by atoms with E-state index in [1.807, 2.05) is 24.3 Å². The Morgan fingerprint density at radius 1 is 1.28 bits per heavy atom. The predicted octanol–water partition coefficient (Wildman–Crippen LogP) is 1.03. The van der Waals surface area contributed by atoms with Crippen LogP contribution in [0.2, 0.25) is 0 Å². The maximum Gasteiger partial charge on any atom is 0.172 e. The summed E-state index contributed by atoms with van der Waals surface area (Å²) in [6.45, 7) is 1.90. The summed E-state index contributed by atoms with van der Waals surface area (Å²) in [6.07, 6.45) is 0.977. The minimum absolute atomic E-state index is 0.220. The van der Waals surface area contributed by atoms with Gasteiger partial charge in [-0.25, -0.2) is 9.97 Å². The highest BCUT2D eigenvalue weighted by Crippen LogP contribution is 2.27. The first-order chi connectivity index (χ1) is 8.78. The molecule has 0 amide bonds. The molecule has 1 aliphatic heterocycles. The highest BCUT2D eigenvalue weighted by molar-refractivity contribution is 5.79. The van der Waals surface area contributed by atoms with Gasteiger partial charge in [0.2, 0.25) is 0 Å². The van der Waals surface area contributed by atoms with Gasteiger partial charge in [-0.05, 0) is 18.6 Å². The molecule has 1 aromatic heterocycles. The Bertz CT molecular complexity index is 572. The molecule has 0 unspecified atom stereocenters. The fourth-order valence-electron chi connectivity index (χ4n) is 2.41. The molecule has 0 spiro atoms. The van der Waals surface area contributed by atoms with Crippen LogP contribution in [0.25, 0.3) is 11.0 Å². The van der Waals surface area contributed by atoms with E-state index in [0.717, 1.165) is 36.4 Å². The summed E-state index contributed by atoms with van der Waals surface area (Å²) >= 11 is 0. The van der Waals surface area contributed by atoms with Crippen molar-refractivity contribution < 1.29 is 5.11 Å². The summed E-state index contributed by atoms with van der Waals surface area (Å²) in [7, 11) is 0. The second-order valence-electron chi connectivity index (χ2n) is 4.70. The molecule has 1 saturated heterocycles. The average Bonchev–Trinajstić information content (AvgIpc) is 2.86. The second kappa shape index (κ2) is 4.42. The van der Waals surface area contributed by atoms with Crippen LogP contribution in [0, 0.1) is 5.92 Å². The standard InChI is InChI=1S/C13H16N4O/c14-12-13(17-6-5-9(7-17)8-18)16-11-4-2-1-3-10(11)15-12/h1-4,9,18H,5-8H2,(H2,14,15)/t9-/m1/s1. The maximum absolute atomic E-state index is 9.18. The lowest BCUT2D eigenvalue weighted by atomic mass is 10.1. The van der Waals surface area contributed by atoms with E-state index in [4.69, 9.17) is 5.73 Å². The molecular weight excluding hydrogens is 228 g/mol. The van der Waals surface area contributed by atoms with Gasteiger partial charge in [0.25, 0.3) is 0 Å². The molecule has 3 rings (SSSR count). The van der Waals surface area contributed by atoms with E-state index in [-0.39, 0.29) is 6.61 Å². The third kappa shape index (κ3) is 1.86. The minimum Gasteiger partial charge on any atom is -0.396 e. The molecule has 0 aliphatic carbocycles. The Balaban J connectivity index is 1.99. The number of nitrogens with two attached hydrogens (primary N) is 1. The molecule has 2 heterocycles. The third-order valence-electron chi connectivity index (χ3n) is 3.42. The monoisotopic (exact) mass is 244 g/mol. The van der Waals surface area contributed by atoms with Gasteiger partial charge >= 0.3 is 0 Å². The molecule has 0 bridgehead atoms. The first kappa shape index (κ1) is 11.2. The molecule has 1 aromatic carbocycles. The number of nitrogens with zero attached hydrogens (tertiary/aromatic N) is 3. The number of nitrogen functional groups attached to an aromatic ring is 1. The van der Waals surface area contributed by atoms with Crippen molar-refractivity contribution in [2.75, 3.05) is 30.3 Å². The highest BCUT2D eigenvalue weighted by Gasteiger charge is 2.24. The van der Waals surface area contributed by atoms with Crippen molar-refractivity contribution in [3.8, 4) is 0 Å². The summed E-state index contributed by atoms with van der Waals surface area (Å²) < 4.78 is 0. The zero-order valence-corrected chi connectivity index (χ0v) is 10.1. The van der Waals surface area contributed by atoms with Crippen LogP contribution in [0.5, 0.6) is 0 Å². The summed E-state index contributed by atoms with van der Waals surface area (Å²) in [5.74, 6) is 1.52. The van der Waals surface area contributed by atoms with Gasteiger partial charge in [0, 0.05) is 25.6 Å². The summed E-state index contributed by atoms with van der Waals surface area (Å²) in [5, 5.41) is 9.18. The molecule has 18 heavy (non-hydrogen) atoms.